The molecule has 0 aliphatic rings. The van der Waals surface area contributed by atoms with Crippen LogP contribution in [0.5, 0.6) is 0 Å². The Hall–Kier alpha value is -2.83. The van der Waals surface area contributed by atoms with Crippen molar-refractivity contribution in [3.63, 3.8) is 0 Å². The fraction of sp³-hybridized carbons (Fsp3) is 0.154. The second kappa shape index (κ2) is 5.87. The van der Waals surface area contributed by atoms with Gasteiger partial charge in [-0.2, -0.15) is 5.10 Å². The topological polar surface area (TPSA) is 107 Å². The first kappa shape index (κ1) is 13.6. The fourth-order valence-corrected chi connectivity index (χ4v) is 1.67. The molecule has 0 fully saturated rings. The van der Waals surface area contributed by atoms with E-state index in [1.807, 2.05) is 6.92 Å². The number of carbonyl (C=O) groups is 2. The molecule has 20 heavy (non-hydrogen) atoms. The zero-order chi connectivity index (χ0) is 14.5. The number of hydrogen-bond donors (Lipinski definition) is 4. The third kappa shape index (κ3) is 3.14. The molecule has 0 saturated carbocycles. The van der Waals surface area contributed by atoms with Crippen LogP contribution in [0.2, 0.25) is 0 Å². The molecule has 2 rings (SSSR count). The molecule has 0 saturated heterocycles. The van der Waals surface area contributed by atoms with Crippen LogP contribution in [0.3, 0.4) is 0 Å². The summed E-state index contributed by atoms with van der Waals surface area (Å²) >= 11 is 0. The minimum atomic E-state index is -1.09. The number of amides is 2. The Labute approximate surface area is 115 Å². The quantitative estimate of drug-likeness (QED) is 0.681. The summed E-state index contributed by atoms with van der Waals surface area (Å²) in [7, 11) is 0. The zero-order valence-electron chi connectivity index (χ0n) is 10.8. The number of aromatic nitrogens is 2. The molecule has 0 bridgehead atoms. The number of nitrogens with one attached hydrogen (secondary N) is 3. The number of benzene rings is 1. The maximum Gasteiger partial charge on any atom is 0.337 e. The molecule has 2 amide bonds. The van der Waals surface area contributed by atoms with Crippen LogP contribution in [0.25, 0.3) is 0 Å². The third-order valence-electron chi connectivity index (χ3n) is 2.78. The van der Waals surface area contributed by atoms with E-state index in [1.54, 1.807) is 18.3 Å². The van der Waals surface area contributed by atoms with Crippen molar-refractivity contribution in [1.29, 1.82) is 0 Å². The Kier molecular flexibility index (Phi) is 3.99. The predicted molar refractivity (Wildman–Crippen MR) is 72.6 cm³/mol. The van der Waals surface area contributed by atoms with Crippen LogP contribution in [0, 0.1) is 6.92 Å². The Bertz CT molecular complexity index is 636. The van der Waals surface area contributed by atoms with Crippen molar-refractivity contribution in [1.82, 2.24) is 15.5 Å². The number of urea groups is 1. The van der Waals surface area contributed by atoms with Crippen molar-refractivity contribution in [2.45, 2.75) is 13.5 Å². The molecule has 0 aliphatic carbocycles. The van der Waals surface area contributed by atoms with Crippen molar-refractivity contribution < 1.29 is 14.7 Å². The highest BCUT2D eigenvalue weighted by Gasteiger charge is 2.11. The van der Waals surface area contributed by atoms with Crippen molar-refractivity contribution in [3.05, 3.63) is 47.3 Å². The number of aryl methyl sites for hydroxylation is 1. The van der Waals surface area contributed by atoms with Crippen LogP contribution < -0.4 is 10.6 Å². The number of anilines is 1. The summed E-state index contributed by atoms with van der Waals surface area (Å²) < 4.78 is 0. The van der Waals surface area contributed by atoms with Gasteiger partial charge in [-0.05, 0) is 19.1 Å². The zero-order valence-corrected chi connectivity index (χ0v) is 10.8. The van der Waals surface area contributed by atoms with Gasteiger partial charge < -0.3 is 15.7 Å². The molecule has 7 heteroatoms. The van der Waals surface area contributed by atoms with Crippen LogP contribution in [0.15, 0.2) is 30.5 Å². The van der Waals surface area contributed by atoms with Crippen molar-refractivity contribution in [2.75, 3.05) is 5.32 Å². The summed E-state index contributed by atoms with van der Waals surface area (Å²) in [4.78, 5) is 22.8. The van der Waals surface area contributed by atoms with Gasteiger partial charge in [-0.25, -0.2) is 9.59 Å². The Balaban J connectivity index is 1.98. The van der Waals surface area contributed by atoms with Crippen molar-refractivity contribution in [3.8, 4) is 0 Å². The number of aromatic amines is 1. The van der Waals surface area contributed by atoms with Crippen LogP contribution in [-0.2, 0) is 6.54 Å². The normalized spacial score (nSPS) is 10.1. The van der Waals surface area contributed by atoms with Gasteiger partial charge in [-0.1, -0.05) is 12.1 Å². The fourth-order valence-electron chi connectivity index (χ4n) is 1.67. The number of hydrogen-bond acceptors (Lipinski definition) is 3. The molecule has 104 valence electrons. The molecule has 1 aromatic carbocycles. The van der Waals surface area contributed by atoms with E-state index < -0.39 is 12.0 Å². The van der Waals surface area contributed by atoms with Crippen LogP contribution >= 0.6 is 0 Å². The first-order valence-corrected chi connectivity index (χ1v) is 5.94. The van der Waals surface area contributed by atoms with E-state index in [1.165, 1.54) is 12.1 Å². The van der Waals surface area contributed by atoms with Crippen LogP contribution in [0.1, 0.15) is 21.6 Å². The summed E-state index contributed by atoms with van der Waals surface area (Å²) in [6.07, 6.45) is 1.63. The van der Waals surface area contributed by atoms with E-state index in [2.05, 4.69) is 20.8 Å². The number of carboxylic acid groups (broad SMARTS) is 1. The molecule has 0 unspecified atom stereocenters. The lowest BCUT2D eigenvalue weighted by Crippen LogP contribution is -2.29. The van der Waals surface area contributed by atoms with Gasteiger partial charge in [-0.15, -0.1) is 0 Å². The van der Waals surface area contributed by atoms with Crippen LogP contribution in [0.4, 0.5) is 10.5 Å². The molecule has 0 atom stereocenters. The summed E-state index contributed by atoms with van der Waals surface area (Å²) in [5.41, 5.74) is 2.03. The summed E-state index contributed by atoms with van der Waals surface area (Å²) in [5, 5.41) is 20.8. The number of carbonyl (C=O) groups excluding carboxylic acids is 1. The molecular formula is C13H14N4O3. The lowest BCUT2D eigenvalue weighted by Gasteiger charge is -2.09. The summed E-state index contributed by atoms with van der Waals surface area (Å²) in [5.74, 6) is -1.09. The average Bonchev–Trinajstić information content (AvgIpc) is 2.82. The molecule has 2 aromatic rings. The van der Waals surface area contributed by atoms with Gasteiger partial charge in [0.25, 0.3) is 0 Å². The van der Waals surface area contributed by atoms with Gasteiger partial charge in [-0.3, -0.25) is 5.10 Å². The second-order valence-electron chi connectivity index (χ2n) is 4.18. The molecular weight excluding hydrogens is 260 g/mol. The highest BCUT2D eigenvalue weighted by molar-refractivity contribution is 5.99. The van der Waals surface area contributed by atoms with Crippen molar-refractivity contribution in [2.24, 2.45) is 0 Å². The summed E-state index contributed by atoms with van der Waals surface area (Å²) in [6.45, 7) is 2.16. The first-order chi connectivity index (χ1) is 9.58. The van der Waals surface area contributed by atoms with Gasteiger partial charge in [0.05, 0.1) is 17.4 Å². The lowest BCUT2D eigenvalue weighted by molar-refractivity contribution is 0.0698. The van der Waals surface area contributed by atoms with Crippen molar-refractivity contribution >= 4 is 17.7 Å². The number of H-pyrrole nitrogens is 1. The second-order valence-corrected chi connectivity index (χ2v) is 4.18. The van der Waals surface area contributed by atoms with Crippen LogP contribution in [-0.4, -0.2) is 27.3 Å². The number of aromatic carboxylic acids is 1. The molecule has 7 nitrogen and oxygen atoms in total. The Morgan fingerprint density at radius 2 is 2.10 bits per heavy atom. The Morgan fingerprint density at radius 3 is 2.75 bits per heavy atom. The monoisotopic (exact) mass is 274 g/mol. The molecule has 1 aromatic heterocycles. The van der Waals surface area contributed by atoms with Gasteiger partial charge in [0.1, 0.15) is 0 Å². The minimum Gasteiger partial charge on any atom is -0.478 e. The van der Waals surface area contributed by atoms with E-state index >= 15 is 0 Å². The number of nitrogens with zero attached hydrogens (tertiary/aromatic N) is 1. The number of carboxylic acids is 1. The molecule has 1 heterocycles. The Morgan fingerprint density at radius 1 is 1.35 bits per heavy atom. The number of rotatable bonds is 4. The average molecular weight is 274 g/mol. The van der Waals surface area contributed by atoms with E-state index in [9.17, 15) is 9.59 Å². The highest BCUT2D eigenvalue weighted by Crippen LogP contribution is 2.14. The SMILES string of the molecule is Cc1[nH]ncc1CNC(=O)Nc1ccccc1C(=O)O. The molecule has 0 aliphatic heterocycles. The van der Waals surface area contributed by atoms with E-state index in [0.717, 1.165) is 11.3 Å². The van der Waals surface area contributed by atoms with E-state index in [0.29, 0.717) is 6.54 Å². The predicted octanol–water partition coefficient (Wildman–Crippen LogP) is 1.74. The standard InChI is InChI=1S/C13H14N4O3/c1-8-9(7-15-17-8)6-14-13(20)16-11-5-3-2-4-10(11)12(18)19/h2-5,7H,6H2,1H3,(H,15,17)(H,18,19)(H2,14,16,20). The van der Waals surface area contributed by atoms with E-state index in [4.69, 9.17) is 5.11 Å². The molecule has 4 N–H and O–H groups in total. The highest BCUT2D eigenvalue weighted by atomic mass is 16.4. The maximum atomic E-state index is 11.7. The lowest BCUT2D eigenvalue weighted by atomic mass is 10.2. The maximum absolute atomic E-state index is 11.7. The van der Waals surface area contributed by atoms with Gasteiger partial charge >= 0.3 is 12.0 Å². The number of para-hydroxylation sites is 1. The first-order valence-electron chi connectivity index (χ1n) is 5.94. The van der Waals surface area contributed by atoms with E-state index in [-0.39, 0.29) is 11.3 Å². The molecule has 0 spiro atoms. The summed E-state index contributed by atoms with van der Waals surface area (Å²) in [6, 6.07) is 5.74. The van der Waals surface area contributed by atoms with Gasteiger partial charge in [0.15, 0.2) is 0 Å². The largest absolute Gasteiger partial charge is 0.478 e. The third-order valence-corrected chi connectivity index (χ3v) is 2.78. The van der Waals surface area contributed by atoms with Gasteiger partial charge in [0.2, 0.25) is 0 Å². The minimum absolute atomic E-state index is 0.0436. The van der Waals surface area contributed by atoms with Gasteiger partial charge in [0, 0.05) is 17.8 Å². The smallest absolute Gasteiger partial charge is 0.337 e. The molecule has 0 radical (unpaired) electrons.